The highest BCUT2D eigenvalue weighted by Crippen LogP contribution is 2.66. The van der Waals surface area contributed by atoms with Gasteiger partial charge in [0.25, 0.3) is 0 Å². The number of benzene rings is 11. The molecule has 1 aromatic heterocycles. The van der Waals surface area contributed by atoms with Crippen LogP contribution in [0.25, 0.3) is 82.1 Å². The zero-order valence-corrected chi connectivity index (χ0v) is 34.3. The molecular weight excluding hydrogens is 761 g/mol. The molecular formula is C61H38N2. The molecule has 0 atom stereocenters. The van der Waals surface area contributed by atoms with Gasteiger partial charge in [-0.25, -0.2) is 0 Å². The minimum Gasteiger partial charge on any atom is -0.310 e. The fourth-order valence-corrected chi connectivity index (χ4v) is 11.8. The predicted octanol–water partition coefficient (Wildman–Crippen LogP) is 16.1. The highest BCUT2D eigenvalue weighted by atomic mass is 15.1. The number of nitrogens with zero attached hydrogens (tertiary/aromatic N) is 2. The van der Waals surface area contributed by atoms with E-state index >= 15 is 0 Å². The quantitative estimate of drug-likeness (QED) is 0.161. The van der Waals surface area contributed by atoms with Crippen LogP contribution in [0.5, 0.6) is 0 Å². The van der Waals surface area contributed by atoms with Gasteiger partial charge in [-0.2, -0.15) is 0 Å². The van der Waals surface area contributed by atoms with Gasteiger partial charge in [0, 0.05) is 33.5 Å². The van der Waals surface area contributed by atoms with Crippen LogP contribution in [0.1, 0.15) is 22.3 Å². The molecule has 63 heavy (non-hydrogen) atoms. The van der Waals surface area contributed by atoms with Gasteiger partial charge in [0.2, 0.25) is 0 Å². The molecule has 12 aromatic rings. The van der Waals surface area contributed by atoms with Gasteiger partial charge in [0.05, 0.1) is 16.4 Å². The Labute approximate surface area is 365 Å². The van der Waals surface area contributed by atoms with Crippen LogP contribution in [0, 0.1) is 0 Å². The molecule has 0 aliphatic heterocycles. The summed E-state index contributed by atoms with van der Waals surface area (Å²) < 4.78 is 2.39. The van der Waals surface area contributed by atoms with Crippen molar-refractivity contribution in [2.45, 2.75) is 5.41 Å². The smallest absolute Gasteiger partial charge is 0.0737 e. The van der Waals surface area contributed by atoms with Crippen LogP contribution in [0.4, 0.5) is 17.1 Å². The van der Waals surface area contributed by atoms with Crippen molar-refractivity contribution in [2.24, 2.45) is 0 Å². The van der Waals surface area contributed by atoms with E-state index < -0.39 is 5.41 Å². The Bertz CT molecular complexity index is 3810. The standard InChI is InChI=1S/C61H38N2/c1-3-17-40(18-4-1)62(43-33-36-57-53(38-43)49-25-13-16-30-56(49)63(57)41-19-5-2-6-20-41)42-32-35-44-39(37-42)31-34-52-58-50-26-9-7-21-45(50)46-22-8-10-27-51(46)60(58)61(59(44)52)54-28-14-11-23-47(54)48-24-12-15-29-55(48)61/h1-38H. The van der Waals surface area contributed by atoms with E-state index in [4.69, 9.17) is 0 Å². The average Bonchev–Trinajstić information content (AvgIpc) is 3.97. The van der Waals surface area contributed by atoms with Crippen molar-refractivity contribution in [1.82, 2.24) is 4.57 Å². The summed E-state index contributed by atoms with van der Waals surface area (Å²) in [6, 6.07) is 85.7. The largest absolute Gasteiger partial charge is 0.310 e. The maximum Gasteiger partial charge on any atom is 0.0737 e. The summed E-state index contributed by atoms with van der Waals surface area (Å²) in [7, 11) is 0. The van der Waals surface area contributed by atoms with Crippen molar-refractivity contribution in [3.8, 4) is 27.9 Å². The SMILES string of the molecule is c1ccc(N(c2ccc3c4c(ccc3c2)-c2c(c3ccccc3c3ccccc23)C42c3ccccc3-c3ccccc32)c2ccc3c(c2)c2ccccc2n3-c2ccccc2)cc1. The van der Waals surface area contributed by atoms with Gasteiger partial charge in [-0.15, -0.1) is 0 Å². The summed E-state index contributed by atoms with van der Waals surface area (Å²) in [5, 5.41) is 10.2. The van der Waals surface area contributed by atoms with Gasteiger partial charge in [0.1, 0.15) is 0 Å². The number of rotatable bonds is 4. The van der Waals surface area contributed by atoms with Crippen molar-refractivity contribution in [1.29, 1.82) is 0 Å². The summed E-state index contributed by atoms with van der Waals surface area (Å²) in [5.74, 6) is 0. The van der Waals surface area contributed by atoms with E-state index in [1.54, 1.807) is 0 Å². The zero-order chi connectivity index (χ0) is 41.2. The van der Waals surface area contributed by atoms with Crippen LogP contribution >= 0.6 is 0 Å². The third-order valence-corrected chi connectivity index (χ3v) is 14.1. The summed E-state index contributed by atoms with van der Waals surface area (Å²) in [5.41, 5.74) is 17.2. The van der Waals surface area contributed by atoms with E-state index in [9.17, 15) is 0 Å². The van der Waals surface area contributed by atoms with Gasteiger partial charge < -0.3 is 9.47 Å². The minimum absolute atomic E-state index is 0.514. The molecule has 2 nitrogen and oxygen atoms in total. The molecule has 2 aliphatic carbocycles. The summed E-state index contributed by atoms with van der Waals surface area (Å²) in [6.07, 6.45) is 0. The number of aromatic nitrogens is 1. The first-order valence-corrected chi connectivity index (χ1v) is 21.9. The minimum atomic E-state index is -0.514. The second kappa shape index (κ2) is 12.9. The Hall–Kier alpha value is -8.20. The molecule has 2 aliphatic rings. The molecule has 0 amide bonds. The second-order valence-electron chi connectivity index (χ2n) is 17.1. The van der Waals surface area contributed by atoms with Gasteiger partial charge in [0.15, 0.2) is 0 Å². The molecule has 0 radical (unpaired) electrons. The monoisotopic (exact) mass is 798 g/mol. The van der Waals surface area contributed by atoms with E-state index in [-0.39, 0.29) is 0 Å². The fraction of sp³-hybridized carbons (Fsp3) is 0.0164. The second-order valence-corrected chi connectivity index (χ2v) is 17.1. The highest BCUT2D eigenvalue weighted by molar-refractivity contribution is 6.21. The lowest BCUT2D eigenvalue weighted by Gasteiger charge is -2.33. The van der Waals surface area contributed by atoms with E-state index in [0.29, 0.717) is 0 Å². The Morgan fingerprint density at radius 2 is 0.873 bits per heavy atom. The first-order chi connectivity index (χ1) is 31.3. The summed E-state index contributed by atoms with van der Waals surface area (Å²) in [4.78, 5) is 2.42. The Morgan fingerprint density at radius 1 is 0.317 bits per heavy atom. The number of hydrogen-bond donors (Lipinski definition) is 0. The third-order valence-electron chi connectivity index (χ3n) is 14.1. The van der Waals surface area contributed by atoms with Crippen molar-refractivity contribution in [3.05, 3.63) is 253 Å². The molecule has 0 N–H and O–H groups in total. The van der Waals surface area contributed by atoms with Crippen molar-refractivity contribution >= 4 is 71.2 Å². The van der Waals surface area contributed by atoms with Crippen molar-refractivity contribution in [3.63, 3.8) is 0 Å². The molecule has 11 aromatic carbocycles. The lowest BCUT2D eigenvalue weighted by atomic mass is 9.68. The van der Waals surface area contributed by atoms with Gasteiger partial charge in [-0.1, -0.05) is 170 Å². The molecule has 0 bridgehead atoms. The maximum atomic E-state index is 2.43. The highest BCUT2D eigenvalue weighted by Gasteiger charge is 2.53. The van der Waals surface area contributed by atoms with Gasteiger partial charge in [-0.3, -0.25) is 0 Å². The first-order valence-electron chi connectivity index (χ1n) is 21.9. The lowest BCUT2D eigenvalue weighted by Crippen LogP contribution is -2.26. The molecule has 0 saturated carbocycles. The van der Waals surface area contributed by atoms with Crippen LogP contribution in [-0.4, -0.2) is 4.57 Å². The molecule has 1 spiro atoms. The molecule has 0 fully saturated rings. The van der Waals surface area contributed by atoms with Crippen LogP contribution < -0.4 is 4.90 Å². The average molecular weight is 799 g/mol. The summed E-state index contributed by atoms with van der Waals surface area (Å²) in [6.45, 7) is 0. The fourth-order valence-electron chi connectivity index (χ4n) is 11.8. The number of para-hydroxylation sites is 3. The molecule has 292 valence electrons. The van der Waals surface area contributed by atoms with E-state index in [2.05, 4.69) is 240 Å². The van der Waals surface area contributed by atoms with E-state index in [1.165, 1.54) is 98.6 Å². The molecule has 0 saturated heterocycles. The predicted molar refractivity (Wildman–Crippen MR) is 264 cm³/mol. The first kappa shape index (κ1) is 34.5. The van der Waals surface area contributed by atoms with Crippen LogP contribution in [-0.2, 0) is 5.41 Å². The maximum absolute atomic E-state index is 2.43. The van der Waals surface area contributed by atoms with Crippen LogP contribution in [0.15, 0.2) is 231 Å². The van der Waals surface area contributed by atoms with E-state index in [1.807, 2.05) is 0 Å². The number of anilines is 3. The molecule has 0 unspecified atom stereocenters. The Balaban J connectivity index is 1.05. The normalized spacial score (nSPS) is 13.2. The summed E-state index contributed by atoms with van der Waals surface area (Å²) >= 11 is 0. The Kier molecular flexibility index (Phi) is 7.07. The van der Waals surface area contributed by atoms with Crippen molar-refractivity contribution < 1.29 is 0 Å². The molecule has 14 rings (SSSR count). The third kappa shape index (κ3) is 4.57. The molecule has 1 heterocycles. The topological polar surface area (TPSA) is 8.17 Å². The number of fused-ring (bicyclic) bond motifs is 20. The zero-order valence-electron chi connectivity index (χ0n) is 34.3. The number of hydrogen-bond acceptors (Lipinski definition) is 1. The van der Waals surface area contributed by atoms with Crippen molar-refractivity contribution in [2.75, 3.05) is 4.90 Å². The van der Waals surface area contributed by atoms with E-state index in [0.717, 1.165) is 22.7 Å². The van der Waals surface area contributed by atoms with Crippen LogP contribution in [0.2, 0.25) is 0 Å². The molecule has 2 heteroatoms. The Morgan fingerprint density at radius 3 is 1.62 bits per heavy atom. The lowest BCUT2D eigenvalue weighted by molar-refractivity contribution is 0.809. The van der Waals surface area contributed by atoms with Gasteiger partial charge in [-0.05, 0) is 137 Å². The van der Waals surface area contributed by atoms with Crippen LogP contribution in [0.3, 0.4) is 0 Å². The van der Waals surface area contributed by atoms with Gasteiger partial charge >= 0.3 is 0 Å².